The minimum Gasteiger partial charge on any atom is -0.338 e. The van der Waals surface area contributed by atoms with Gasteiger partial charge in [0.25, 0.3) is 0 Å². The predicted molar refractivity (Wildman–Crippen MR) is 57.3 cm³/mol. The lowest BCUT2D eigenvalue weighted by molar-refractivity contribution is 0.208. The van der Waals surface area contributed by atoms with Crippen LogP contribution in [0, 0.1) is 0 Å². The van der Waals surface area contributed by atoms with Crippen LogP contribution in [0.4, 0.5) is 4.79 Å². The van der Waals surface area contributed by atoms with Gasteiger partial charge in [0.15, 0.2) is 0 Å². The molecule has 0 saturated carbocycles. The minimum atomic E-state index is 0.0700. The number of likely N-dealkylation sites (tertiary alicyclic amines) is 1. The molecule has 82 valence electrons. The van der Waals surface area contributed by atoms with Crippen molar-refractivity contribution < 1.29 is 4.79 Å². The van der Waals surface area contributed by atoms with E-state index in [0.717, 1.165) is 19.5 Å². The van der Waals surface area contributed by atoms with E-state index in [1.54, 1.807) is 0 Å². The molecule has 1 aliphatic heterocycles. The van der Waals surface area contributed by atoms with Crippen molar-refractivity contribution in [2.24, 2.45) is 0 Å². The van der Waals surface area contributed by atoms with Gasteiger partial charge in [-0.1, -0.05) is 13.8 Å². The molecule has 0 aliphatic carbocycles. The highest BCUT2D eigenvalue weighted by atomic mass is 16.2. The second kappa shape index (κ2) is 5.20. The Balaban J connectivity index is 2.29. The summed E-state index contributed by atoms with van der Waals surface area (Å²) in [7, 11) is 0. The van der Waals surface area contributed by atoms with Gasteiger partial charge in [0.2, 0.25) is 0 Å². The van der Waals surface area contributed by atoms with Crippen LogP contribution in [0.2, 0.25) is 0 Å². The number of urea groups is 1. The third-order valence-electron chi connectivity index (χ3n) is 2.37. The fourth-order valence-corrected chi connectivity index (χ4v) is 1.82. The quantitative estimate of drug-likeness (QED) is 0.706. The van der Waals surface area contributed by atoms with E-state index < -0.39 is 0 Å². The second-order valence-electron chi connectivity index (χ2n) is 4.09. The highest BCUT2D eigenvalue weighted by Crippen LogP contribution is 2.09. The Bertz CT molecular complexity index is 194. The molecular weight excluding hydrogens is 178 g/mol. The molecule has 1 aliphatic rings. The molecule has 2 N–H and O–H groups in total. The predicted octanol–water partition coefficient (Wildman–Crippen LogP) is 0.788. The van der Waals surface area contributed by atoms with E-state index in [4.69, 9.17) is 0 Å². The van der Waals surface area contributed by atoms with E-state index in [1.165, 1.54) is 0 Å². The molecule has 0 aromatic carbocycles. The highest BCUT2D eigenvalue weighted by Gasteiger charge is 2.25. The normalized spacial score (nSPS) is 21.7. The maximum absolute atomic E-state index is 11.5. The number of hydrogen-bond donors (Lipinski definition) is 2. The topological polar surface area (TPSA) is 44.4 Å². The average molecular weight is 199 g/mol. The van der Waals surface area contributed by atoms with Gasteiger partial charge in [-0.3, -0.25) is 0 Å². The van der Waals surface area contributed by atoms with Crippen LogP contribution in [0.5, 0.6) is 0 Å². The van der Waals surface area contributed by atoms with Crippen LogP contribution in [-0.2, 0) is 0 Å². The Hall–Kier alpha value is -0.770. The lowest BCUT2D eigenvalue weighted by Crippen LogP contribution is -2.42. The molecule has 0 bridgehead atoms. The summed E-state index contributed by atoms with van der Waals surface area (Å²) in [5, 5.41) is 6.27. The first-order valence-electron chi connectivity index (χ1n) is 5.42. The summed E-state index contributed by atoms with van der Waals surface area (Å²) in [5.74, 6) is 0. The van der Waals surface area contributed by atoms with Crippen molar-refractivity contribution in [1.82, 2.24) is 15.5 Å². The molecule has 0 radical (unpaired) electrons. The van der Waals surface area contributed by atoms with Crippen LogP contribution in [-0.4, -0.2) is 42.6 Å². The summed E-state index contributed by atoms with van der Waals surface area (Å²) in [6.45, 7) is 8.62. The smallest absolute Gasteiger partial charge is 0.317 e. The Morgan fingerprint density at radius 3 is 2.86 bits per heavy atom. The largest absolute Gasteiger partial charge is 0.338 e. The molecule has 1 saturated heterocycles. The Labute approximate surface area is 86.0 Å². The van der Waals surface area contributed by atoms with Gasteiger partial charge in [-0.2, -0.15) is 0 Å². The summed E-state index contributed by atoms with van der Waals surface area (Å²) in [4.78, 5) is 13.3. The fraction of sp³-hybridized carbons (Fsp3) is 0.900. The van der Waals surface area contributed by atoms with Crippen LogP contribution in [0.3, 0.4) is 0 Å². The van der Waals surface area contributed by atoms with Crippen LogP contribution in [0.15, 0.2) is 0 Å². The molecule has 1 fully saturated rings. The summed E-state index contributed by atoms with van der Waals surface area (Å²) in [5.41, 5.74) is 0. The van der Waals surface area contributed by atoms with Crippen LogP contribution < -0.4 is 10.6 Å². The molecular formula is C10H21N3O. The van der Waals surface area contributed by atoms with Crippen molar-refractivity contribution >= 4 is 6.03 Å². The molecule has 14 heavy (non-hydrogen) atoms. The Morgan fingerprint density at radius 2 is 2.29 bits per heavy atom. The molecule has 4 heteroatoms. The number of rotatable bonds is 3. The van der Waals surface area contributed by atoms with Crippen molar-refractivity contribution in [2.45, 2.75) is 39.3 Å². The van der Waals surface area contributed by atoms with Crippen molar-refractivity contribution in [3.8, 4) is 0 Å². The molecule has 1 heterocycles. The van der Waals surface area contributed by atoms with Crippen LogP contribution in [0.1, 0.15) is 27.2 Å². The molecule has 0 spiro atoms. The summed E-state index contributed by atoms with van der Waals surface area (Å²) in [6, 6.07) is 1.03. The van der Waals surface area contributed by atoms with Gasteiger partial charge < -0.3 is 15.5 Å². The van der Waals surface area contributed by atoms with Crippen molar-refractivity contribution in [3.63, 3.8) is 0 Å². The van der Waals surface area contributed by atoms with E-state index >= 15 is 0 Å². The monoisotopic (exact) mass is 199 g/mol. The number of carbonyl (C=O) groups excluding carboxylic acids is 1. The van der Waals surface area contributed by atoms with Gasteiger partial charge in [0.1, 0.15) is 0 Å². The number of hydrogen-bond acceptors (Lipinski definition) is 2. The molecule has 1 atom stereocenters. The van der Waals surface area contributed by atoms with Crippen molar-refractivity contribution in [1.29, 1.82) is 0 Å². The van der Waals surface area contributed by atoms with Gasteiger partial charge in [0.05, 0.1) is 0 Å². The molecule has 4 nitrogen and oxygen atoms in total. The van der Waals surface area contributed by atoms with E-state index in [-0.39, 0.29) is 6.03 Å². The number of nitrogens with one attached hydrogen (secondary N) is 2. The van der Waals surface area contributed by atoms with E-state index in [1.807, 2.05) is 11.8 Å². The van der Waals surface area contributed by atoms with E-state index in [9.17, 15) is 4.79 Å². The zero-order valence-corrected chi connectivity index (χ0v) is 9.34. The third-order valence-corrected chi connectivity index (χ3v) is 2.37. The van der Waals surface area contributed by atoms with Crippen LogP contribution in [0.25, 0.3) is 0 Å². The lowest BCUT2D eigenvalue weighted by Gasteiger charge is -2.18. The first-order valence-corrected chi connectivity index (χ1v) is 5.42. The lowest BCUT2D eigenvalue weighted by atomic mass is 10.2. The third kappa shape index (κ3) is 3.18. The first-order chi connectivity index (χ1) is 6.63. The summed E-state index contributed by atoms with van der Waals surface area (Å²) in [6.07, 6.45) is 1.06. The molecule has 0 aromatic heterocycles. The van der Waals surface area contributed by atoms with Gasteiger partial charge in [-0.25, -0.2) is 4.79 Å². The number of amides is 2. The highest BCUT2D eigenvalue weighted by molar-refractivity contribution is 5.74. The summed E-state index contributed by atoms with van der Waals surface area (Å²) >= 11 is 0. The van der Waals surface area contributed by atoms with Crippen molar-refractivity contribution in [2.75, 3.05) is 19.6 Å². The van der Waals surface area contributed by atoms with Crippen molar-refractivity contribution in [3.05, 3.63) is 0 Å². The number of nitrogens with zero attached hydrogens (tertiary/aromatic N) is 1. The maximum atomic E-state index is 11.5. The van der Waals surface area contributed by atoms with Gasteiger partial charge in [-0.15, -0.1) is 0 Å². The maximum Gasteiger partial charge on any atom is 0.317 e. The van der Waals surface area contributed by atoms with Crippen LogP contribution >= 0.6 is 0 Å². The fourth-order valence-electron chi connectivity index (χ4n) is 1.82. The van der Waals surface area contributed by atoms with Gasteiger partial charge in [-0.05, 0) is 13.3 Å². The molecule has 2 amide bonds. The minimum absolute atomic E-state index is 0.0700. The van der Waals surface area contributed by atoms with Gasteiger partial charge in [0, 0.05) is 31.7 Å². The molecule has 1 rings (SSSR count). The SMILES string of the molecule is CCNC(=O)N1CCC(NC(C)C)C1. The van der Waals surface area contributed by atoms with E-state index in [2.05, 4.69) is 24.5 Å². The molecule has 1 unspecified atom stereocenters. The standard InChI is InChI=1S/C10H21N3O/c1-4-11-10(14)13-6-5-9(7-13)12-8(2)3/h8-9,12H,4-7H2,1-3H3,(H,11,14). The summed E-state index contributed by atoms with van der Waals surface area (Å²) < 4.78 is 0. The zero-order valence-electron chi connectivity index (χ0n) is 9.34. The average Bonchev–Trinajstić information content (AvgIpc) is 2.52. The molecule has 0 aromatic rings. The first kappa shape index (κ1) is 11.3. The second-order valence-corrected chi connectivity index (χ2v) is 4.09. The Kier molecular flexibility index (Phi) is 4.20. The zero-order chi connectivity index (χ0) is 10.6. The van der Waals surface area contributed by atoms with Gasteiger partial charge >= 0.3 is 6.03 Å². The Morgan fingerprint density at radius 1 is 1.57 bits per heavy atom. The van der Waals surface area contributed by atoms with E-state index in [0.29, 0.717) is 18.6 Å². The number of carbonyl (C=O) groups is 1.